The van der Waals surface area contributed by atoms with Gasteiger partial charge >= 0.3 is 12.1 Å². The Bertz CT molecular complexity index is 2770. The van der Waals surface area contributed by atoms with Crippen molar-refractivity contribution in [3.8, 4) is 29.1 Å². The van der Waals surface area contributed by atoms with Gasteiger partial charge in [-0.1, -0.05) is 90.7 Å². The fourth-order valence-electron chi connectivity index (χ4n) is 10.7. The molecule has 5 heterocycles. The van der Waals surface area contributed by atoms with E-state index in [2.05, 4.69) is 16.7 Å². The predicted octanol–water partition coefficient (Wildman–Crippen LogP) is 5.65. The average Bonchev–Trinajstić information content (AvgIpc) is 4.04. The number of hydrogen-bond acceptors (Lipinski definition) is 13. The Kier molecular flexibility index (Phi) is 12.3. The first-order valence-electron chi connectivity index (χ1n) is 22.7. The van der Waals surface area contributed by atoms with E-state index < -0.39 is 59.4 Å². The van der Waals surface area contributed by atoms with E-state index >= 15 is 14.4 Å². The standard InChI is InChI=1S/C53H50N4O11/c1-64-28-29-65-52(63)56-41-21-15-34(10-8-9-27-58)30-40(41)53(51(56)62)44(49(60)55-25-23-54(24-26-55)32-35-16-22-42-43(31-35)67-33-66-42)46-50(61)68-47(37-13-6-3-7-14-37)45(36-11-4-2-5-12-36)57(46)48(53)38-17-19-39(59)20-18-38/h2-7,11-22,30-31,44-48,58-59H,9,23-29,32-33H2,1H3/t44-,45-,46-,47+,48+,53-/m1/s1. The summed E-state index contributed by atoms with van der Waals surface area (Å²) < 4.78 is 28.6. The Balaban J connectivity index is 1.17. The lowest BCUT2D eigenvalue weighted by atomic mass is 9.65. The van der Waals surface area contributed by atoms with Gasteiger partial charge < -0.3 is 38.8 Å². The van der Waals surface area contributed by atoms with Gasteiger partial charge in [0.2, 0.25) is 18.6 Å². The number of fused-ring (bicyclic) bond motifs is 4. The highest BCUT2D eigenvalue weighted by molar-refractivity contribution is 6.23. The number of esters is 1. The van der Waals surface area contributed by atoms with Crippen molar-refractivity contribution in [3.63, 3.8) is 0 Å². The van der Waals surface area contributed by atoms with Gasteiger partial charge in [-0.15, -0.1) is 0 Å². The minimum atomic E-state index is -2.01. The molecule has 0 aromatic heterocycles. The number of amides is 3. The van der Waals surface area contributed by atoms with E-state index in [9.17, 15) is 15.0 Å². The number of ether oxygens (including phenoxy) is 5. The Morgan fingerprint density at radius 1 is 0.794 bits per heavy atom. The molecule has 5 aliphatic heterocycles. The van der Waals surface area contributed by atoms with Crippen molar-refractivity contribution < 1.29 is 53.1 Å². The van der Waals surface area contributed by atoms with E-state index in [0.717, 1.165) is 16.0 Å². The van der Waals surface area contributed by atoms with Crippen LogP contribution >= 0.6 is 0 Å². The van der Waals surface area contributed by atoms with E-state index in [1.165, 1.54) is 19.2 Å². The lowest BCUT2D eigenvalue weighted by Crippen LogP contribution is -2.59. The SMILES string of the molecule is COCCOC(=O)N1C(=O)[C@@]2(c3cc(C#CCCO)ccc31)[C@H](c1ccc(O)cc1)N1[C@H](c3ccccc3)[C@H](c3ccccc3)OC(=O)[C@H]1[C@@H]2C(=O)N1CCN(Cc2ccc3c(c2)OCO3)CC1. The van der Waals surface area contributed by atoms with Gasteiger partial charge in [-0.25, -0.2) is 9.69 Å². The summed E-state index contributed by atoms with van der Waals surface area (Å²) in [5.41, 5.74) is 1.89. The van der Waals surface area contributed by atoms with Crippen LogP contribution in [0.2, 0.25) is 0 Å². The number of aliphatic hydroxyl groups is 1. The van der Waals surface area contributed by atoms with Gasteiger partial charge in [0.15, 0.2) is 11.5 Å². The largest absolute Gasteiger partial charge is 0.508 e. The molecule has 5 aliphatic rings. The van der Waals surface area contributed by atoms with Gasteiger partial charge in [-0.3, -0.25) is 24.2 Å². The molecule has 68 heavy (non-hydrogen) atoms. The highest BCUT2D eigenvalue weighted by Crippen LogP contribution is 2.66. The summed E-state index contributed by atoms with van der Waals surface area (Å²) in [6, 6.07) is 32.8. The molecule has 2 N–H and O–H groups in total. The van der Waals surface area contributed by atoms with E-state index in [1.54, 1.807) is 35.2 Å². The van der Waals surface area contributed by atoms with Crippen LogP contribution in [-0.2, 0) is 40.6 Å². The minimum absolute atomic E-state index is 0.0358. The monoisotopic (exact) mass is 918 g/mol. The molecule has 3 fully saturated rings. The molecule has 5 aromatic carbocycles. The minimum Gasteiger partial charge on any atom is -0.508 e. The number of anilines is 1. The molecule has 0 unspecified atom stereocenters. The van der Waals surface area contributed by atoms with Crippen molar-refractivity contribution in [1.82, 2.24) is 14.7 Å². The number of phenols is 1. The molecule has 0 saturated carbocycles. The van der Waals surface area contributed by atoms with Gasteiger partial charge in [0.25, 0.3) is 0 Å². The molecular weight excluding hydrogens is 869 g/mol. The Morgan fingerprint density at radius 3 is 2.24 bits per heavy atom. The van der Waals surface area contributed by atoms with E-state index in [1.807, 2.05) is 83.8 Å². The molecule has 6 atom stereocenters. The third-order valence-corrected chi connectivity index (χ3v) is 13.6. The number of carbonyl (C=O) groups excluding carboxylic acids is 4. The van der Waals surface area contributed by atoms with Crippen LogP contribution in [0.1, 0.15) is 58.0 Å². The maximum atomic E-state index is 16.4. The first kappa shape index (κ1) is 44.6. The zero-order valence-corrected chi connectivity index (χ0v) is 37.4. The summed E-state index contributed by atoms with van der Waals surface area (Å²) in [6.45, 7) is 1.98. The molecule has 0 bridgehead atoms. The fourth-order valence-corrected chi connectivity index (χ4v) is 10.7. The number of methoxy groups -OCH3 is 1. The van der Waals surface area contributed by atoms with Crippen molar-refractivity contribution in [3.05, 3.63) is 155 Å². The first-order chi connectivity index (χ1) is 33.2. The van der Waals surface area contributed by atoms with Crippen molar-refractivity contribution >= 4 is 29.6 Å². The second-order valence-electron chi connectivity index (χ2n) is 17.4. The lowest BCUT2D eigenvalue weighted by Gasteiger charge is -2.46. The number of aliphatic hydroxyl groups excluding tert-OH is 1. The Hall–Kier alpha value is -7.22. The Labute approximate surface area is 393 Å². The number of piperazine rings is 1. The molecule has 15 heteroatoms. The van der Waals surface area contributed by atoms with Crippen molar-refractivity contribution in [1.29, 1.82) is 0 Å². The predicted molar refractivity (Wildman–Crippen MR) is 246 cm³/mol. The first-order valence-corrected chi connectivity index (χ1v) is 22.7. The highest BCUT2D eigenvalue weighted by Gasteiger charge is 2.76. The maximum Gasteiger partial charge on any atom is 0.421 e. The normalized spacial score (nSPS) is 24.0. The summed E-state index contributed by atoms with van der Waals surface area (Å²) in [6.07, 6.45) is -1.71. The molecular formula is C53H50N4O11. The Morgan fingerprint density at radius 2 is 1.51 bits per heavy atom. The molecule has 10 rings (SSSR count). The molecule has 348 valence electrons. The number of cyclic esters (lactones) is 1. The van der Waals surface area contributed by atoms with E-state index in [-0.39, 0.29) is 57.6 Å². The molecule has 1 spiro atoms. The zero-order valence-electron chi connectivity index (χ0n) is 37.4. The number of aromatic hydroxyl groups is 1. The van der Waals surface area contributed by atoms with Crippen LogP contribution in [0, 0.1) is 17.8 Å². The summed E-state index contributed by atoms with van der Waals surface area (Å²) in [4.78, 5) is 69.3. The molecule has 3 saturated heterocycles. The third-order valence-electron chi connectivity index (χ3n) is 13.6. The van der Waals surface area contributed by atoms with Gasteiger partial charge in [0.05, 0.1) is 36.9 Å². The number of nitrogens with zero attached hydrogens (tertiary/aromatic N) is 4. The summed E-state index contributed by atoms with van der Waals surface area (Å²) in [5.74, 6) is 4.00. The molecule has 5 aromatic rings. The fraction of sp³-hybridized carbons (Fsp3) is 0.321. The number of rotatable bonds is 10. The van der Waals surface area contributed by atoms with Gasteiger partial charge in [0.1, 0.15) is 29.9 Å². The third kappa shape index (κ3) is 7.78. The number of carbonyl (C=O) groups is 4. The van der Waals surface area contributed by atoms with Gasteiger partial charge in [-0.2, -0.15) is 0 Å². The van der Waals surface area contributed by atoms with Crippen LogP contribution in [0.4, 0.5) is 10.5 Å². The number of imide groups is 1. The van der Waals surface area contributed by atoms with Crippen LogP contribution in [0.3, 0.4) is 0 Å². The number of phenolic OH excluding ortho intramolecular Hbond substituents is 1. The van der Waals surface area contributed by atoms with Gasteiger partial charge in [-0.05, 0) is 70.3 Å². The van der Waals surface area contributed by atoms with Crippen LogP contribution in [0.5, 0.6) is 17.2 Å². The van der Waals surface area contributed by atoms with E-state index in [4.69, 9.17) is 23.7 Å². The summed E-state index contributed by atoms with van der Waals surface area (Å²) >= 11 is 0. The molecule has 0 aliphatic carbocycles. The maximum absolute atomic E-state index is 16.4. The van der Waals surface area contributed by atoms with Crippen LogP contribution in [0.25, 0.3) is 0 Å². The smallest absolute Gasteiger partial charge is 0.421 e. The topological polar surface area (TPSA) is 168 Å². The van der Waals surface area contributed by atoms with E-state index in [0.29, 0.717) is 53.4 Å². The zero-order chi connectivity index (χ0) is 46.9. The van der Waals surface area contributed by atoms with Crippen LogP contribution in [-0.4, -0.2) is 115 Å². The van der Waals surface area contributed by atoms with Crippen molar-refractivity contribution in [2.75, 3.05) is 64.8 Å². The highest BCUT2D eigenvalue weighted by atomic mass is 16.7. The van der Waals surface area contributed by atoms with Crippen LogP contribution in [0.15, 0.2) is 121 Å². The summed E-state index contributed by atoms with van der Waals surface area (Å²) in [5, 5.41) is 20.4. The number of morpholine rings is 1. The average molecular weight is 919 g/mol. The van der Waals surface area contributed by atoms with Crippen molar-refractivity contribution in [2.24, 2.45) is 5.92 Å². The summed E-state index contributed by atoms with van der Waals surface area (Å²) in [7, 11) is 1.47. The number of hydrogen-bond donors (Lipinski definition) is 2. The number of benzene rings is 5. The molecule has 15 nitrogen and oxygen atoms in total. The second kappa shape index (κ2) is 18.8. The van der Waals surface area contributed by atoms with Crippen LogP contribution < -0.4 is 14.4 Å². The quantitative estimate of drug-likeness (QED) is 0.100. The molecule has 0 radical (unpaired) electrons. The second-order valence-corrected chi connectivity index (χ2v) is 17.4. The lowest BCUT2D eigenvalue weighted by molar-refractivity contribution is -0.179. The van der Waals surface area contributed by atoms with Gasteiger partial charge in [0, 0.05) is 51.8 Å². The van der Waals surface area contributed by atoms with Crippen molar-refractivity contribution in [2.45, 2.75) is 42.6 Å². The molecule has 3 amide bonds.